The van der Waals surface area contributed by atoms with Crippen molar-refractivity contribution in [1.29, 1.82) is 0 Å². The maximum absolute atomic E-state index is 10.7. The fraction of sp³-hybridized carbons (Fsp3) is 0.474. The number of ether oxygens (including phenoxy) is 1. The van der Waals surface area contributed by atoms with Gasteiger partial charge in [-0.1, -0.05) is 30.3 Å². The quantitative estimate of drug-likeness (QED) is 0.906. The van der Waals surface area contributed by atoms with Crippen molar-refractivity contribution in [3.8, 4) is 11.8 Å². The SMILES string of the molecule is Oc1c2c(c(O)n1Cc1ccccc1)CC(N1CCOCC1)CC2. The van der Waals surface area contributed by atoms with E-state index in [2.05, 4.69) is 4.90 Å². The predicted octanol–water partition coefficient (Wildman–Crippen LogP) is 2.14. The van der Waals surface area contributed by atoms with Gasteiger partial charge in [0.05, 0.1) is 19.8 Å². The number of rotatable bonds is 3. The molecule has 0 amide bonds. The average molecular weight is 328 g/mol. The lowest BCUT2D eigenvalue weighted by molar-refractivity contribution is 0.0136. The average Bonchev–Trinajstić information content (AvgIpc) is 2.88. The van der Waals surface area contributed by atoms with Gasteiger partial charge >= 0.3 is 0 Å². The van der Waals surface area contributed by atoms with Gasteiger partial charge in [0.1, 0.15) is 0 Å². The van der Waals surface area contributed by atoms with Gasteiger partial charge in [0.25, 0.3) is 0 Å². The Kier molecular flexibility index (Phi) is 4.21. The zero-order valence-corrected chi connectivity index (χ0v) is 13.8. The Balaban J connectivity index is 1.58. The van der Waals surface area contributed by atoms with Crippen LogP contribution in [0.25, 0.3) is 0 Å². The van der Waals surface area contributed by atoms with Crippen LogP contribution in [0.5, 0.6) is 11.8 Å². The molecule has 1 aliphatic carbocycles. The molecule has 1 saturated heterocycles. The summed E-state index contributed by atoms with van der Waals surface area (Å²) in [6.45, 7) is 3.98. The fourth-order valence-corrected chi connectivity index (χ4v) is 3.99. The molecule has 0 saturated carbocycles. The van der Waals surface area contributed by atoms with Gasteiger partial charge in [-0.3, -0.25) is 9.47 Å². The molecule has 2 aromatic rings. The highest BCUT2D eigenvalue weighted by Gasteiger charge is 2.32. The molecule has 2 heterocycles. The number of fused-ring (bicyclic) bond motifs is 1. The Morgan fingerprint density at radius 2 is 1.71 bits per heavy atom. The van der Waals surface area contributed by atoms with E-state index in [0.29, 0.717) is 12.6 Å². The maximum Gasteiger partial charge on any atom is 0.197 e. The summed E-state index contributed by atoms with van der Waals surface area (Å²) in [6, 6.07) is 10.4. The van der Waals surface area contributed by atoms with Gasteiger partial charge in [0, 0.05) is 30.3 Å². The molecule has 128 valence electrons. The zero-order chi connectivity index (χ0) is 16.5. The first kappa shape index (κ1) is 15.5. The zero-order valence-electron chi connectivity index (χ0n) is 13.8. The molecule has 0 radical (unpaired) electrons. The van der Waals surface area contributed by atoms with E-state index >= 15 is 0 Å². The Hall–Kier alpha value is -1.98. The summed E-state index contributed by atoms with van der Waals surface area (Å²) in [5.74, 6) is 0.455. The number of nitrogens with zero attached hydrogens (tertiary/aromatic N) is 2. The van der Waals surface area contributed by atoms with Crippen LogP contribution < -0.4 is 0 Å². The lowest BCUT2D eigenvalue weighted by Crippen LogP contribution is -2.45. The third-order valence-corrected chi connectivity index (χ3v) is 5.33. The number of aromatic nitrogens is 1. The minimum atomic E-state index is 0.226. The minimum absolute atomic E-state index is 0.226. The molecular weight excluding hydrogens is 304 g/mol. The van der Waals surface area contributed by atoms with Crippen LogP contribution in [-0.4, -0.2) is 52.0 Å². The van der Waals surface area contributed by atoms with Gasteiger partial charge < -0.3 is 14.9 Å². The van der Waals surface area contributed by atoms with E-state index in [0.717, 1.165) is 62.3 Å². The normalized spacial score (nSPS) is 21.6. The number of hydrogen-bond donors (Lipinski definition) is 2. The third kappa shape index (κ3) is 2.78. The number of aromatic hydroxyl groups is 2. The van der Waals surface area contributed by atoms with E-state index in [9.17, 15) is 10.2 Å². The van der Waals surface area contributed by atoms with Gasteiger partial charge in [-0.2, -0.15) is 0 Å². The van der Waals surface area contributed by atoms with E-state index in [1.807, 2.05) is 30.3 Å². The van der Waals surface area contributed by atoms with E-state index in [-0.39, 0.29) is 11.8 Å². The van der Waals surface area contributed by atoms with Crippen molar-refractivity contribution < 1.29 is 14.9 Å². The smallest absolute Gasteiger partial charge is 0.197 e. The van der Waals surface area contributed by atoms with Crippen molar-refractivity contribution in [1.82, 2.24) is 9.47 Å². The second kappa shape index (κ2) is 6.49. The molecular formula is C19H24N2O3. The summed E-state index contributed by atoms with van der Waals surface area (Å²) in [5, 5.41) is 21.3. The molecule has 2 aliphatic rings. The molecule has 1 aromatic heterocycles. The Labute approximate surface area is 142 Å². The molecule has 2 N–H and O–H groups in total. The van der Waals surface area contributed by atoms with Gasteiger partial charge in [0.2, 0.25) is 0 Å². The highest BCUT2D eigenvalue weighted by Crippen LogP contribution is 2.40. The molecule has 5 heteroatoms. The van der Waals surface area contributed by atoms with Crippen molar-refractivity contribution in [2.24, 2.45) is 0 Å². The van der Waals surface area contributed by atoms with Crippen molar-refractivity contribution in [2.75, 3.05) is 26.3 Å². The molecule has 1 aliphatic heterocycles. The van der Waals surface area contributed by atoms with Crippen molar-refractivity contribution in [2.45, 2.75) is 31.8 Å². The second-order valence-electron chi connectivity index (χ2n) is 6.72. The largest absolute Gasteiger partial charge is 0.494 e. The number of morpholine rings is 1. The van der Waals surface area contributed by atoms with Crippen LogP contribution in [0.2, 0.25) is 0 Å². The van der Waals surface area contributed by atoms with Crippen LogP contribution in [0.4, 0.5) is 0 Å². The van der Waals surface area contributed by atoms with E-state index in [1.165, 1.54) is 0 Å². The summed E-state index contributed by atoms with van der Waals surface area (Å²) < 4.78 is 7.08. The van der Waals surface area contributed by atoms with Crippen molar-refractivity contribution >= 4 is 0 Å². The van der Waals surface area contributed by atoms with Gasteiger partial charge in [0.15, 0.2) is 11.8 Å². The van der Waals surface area contributed by atoms with Crippen molar-refractivity contribution in [3.63, 3.8) is 0 Å². The van der Waals surface area contributed by atoms with Gasteiger partial charge in [-0.05, 0) is 24.8 Å². The van der Waals surface area contributed by atoms with Crippen LogP contribution in [-0.2, 0) is 24.1 Å². The topological polar surface area (TPSA) is 57.9 Å². The first-order chi connectivity index (χ1) is 11.7. The molecule has 1 atom stereocenters. The molecule has 24 heavy (non-hydrogen) atoms. The summed E-state index contributed by atoms with van der Waals surface area (Å²) in [7, 11) is 0. The Morgan fingerprint density at radius 1 is 1.00 bits per heavy atom. The Bertz CT molecular complexity index is 705. The van der Waals surface area contributed by atoms with Crippen LogP contribution >= 0.6 is 0 Å². The molecule has 0 spiro atoms. The maximum atomic E-state index is 10.7. The molecule has 4 rings (SSSR count). The summed E-state index contributed by atoms with van der Waals surface area (Å²) in [6.07, 6.45) is 2.64. The van der Waals surface area contributed by atoms with Crippen LogP contribution in [0.3, 0.4) is 0 Å². The number of hydrogen-bond acceptors (Lipinski definition) is 4. The van der Waals surface area contributed by atoms with E-state index < -0.39 is 0 Å². The van der Waals surface area contributed by atoms with E-state index in [1.54, 1.807) is 4.57 Å². The summed E-state index contributed by atoms with van der Waals surface area (Å²) >= 11 is 0. The lowest BCUT2D eigenvalue weighted by Gasteiger charge is -2.36. The molecule has 0 bridgehead atoms. The van der Waals surface area contributed by atoms with Crippen LogP contribution in [0.1, 0.15) is 23.1 Å². The summed E-state index contributed by atoms with van der Waals surface area (Å²) in [4.78, 5) is 2.46. The first-order valence-corrected chi connectivity index (χ1v) is 8.72. The monoisotopic (exact) mass is 328 g/mol. The van der Waals surface area contributed by atoms with Gasteiger partial charge in [-0.25, -0.2) is 0 Å². The fourth-order valence-electron chi connectivity index (χ4n) is 3.99. The van der Waals surface area contributed by atoms with Crippen molar-refractivity contribution in [3.05, 3.63) is 47.0 Å². The molecule has 5 nitrogen and oxygen atoms in total. The standard InChI is InChI=1S/C19H24N2O3/c22-18-16-7-6-15(20-8-10-24-11-9-20)12-17(16)19(23)21(18)13-14-4-2-1-3-5-14/h1-5,15,22-23H,6-13H2. The Morgan fingerprint density at radius 3 is 2.46 bits per heavy atom. The molecule has 1 fully saturated rings. The first-order valence-electron chi connectivity index (χ1n) is 8.72. The van der Waals surface area contributed by atoms with Crippen LogP contribution in [0, 0.1) is 0 Å². The molecule has 1 aromatic carbocycles. The minimum Gasteiger partial charge on any atom is -0.494 e. The highest BCUT2D eigenvalue weighted by molar-refractivity contribution is 5.48. The lowest BCUT2D eigenvalue weighted by atomic mass is 9.89. The highest BCUT2D eigenvalue weighted by atomic mass is 16.5. The van der Waals surface area contributed by atoms with Gasteiger partial charge in [-0.15, -0.1) is 0 Å². The summed E-state index contributed by atoms with van der Waals surface area (Å²) in [5.41, 5.74) is 2.92. The second-order valence-corrected chi connectivity index (χ2v) is 6.72. The predicted molar refractivity (Wildman–Crippen MR) is 91.5 cm³/mol. The number of benzene rings is 1. The van der Waals surface area contributed by atoms with Crippen LogP contribution in [0.15, 0.2) is 30.3 Å². The third-order valence-electron chi connectivity index (χ3n) is 5.33. The molecule has 1 unspecified atom stereocenters. The van der Waals surface area contributed by atoms with E-state index in [4.69, 9.17) is 4.74 Å².